The summed E-state index contributed by atoms with van der Waals surface area (Å²) in [6, 6.07) is 10.0. The predicted molar refractivity (Wildman–Crippen MR) is 49.2 cm³/mol. The van der Waals surface area contributed by atoms with E-state index in [-0.39, 0.29) is 18.0 Å². The molecular weight excluding hydrogens is 164 g/mol. The lowest BCUT2D eigenvalue weighted by Crippen LogP contribution is -2.44. The van der Waals surface area contributed by atoms with Crippen LogP contribution in [0.1, 0.15) is 12.5 Å². The first kappa shape index (κ1) is 8.30. The fraction of sp³-hybridized carbons (Fsp3) is 0.364. The number of esters is 1. The predicted octanol–water partition coefficient (Wildman–Crippen LogP) is 1.79. The maximum absolute atomic E-state index is 11.0. The standard InChI is InChI=1S/C11H12O2/c1-8-10(11(12)13-8)7-9-5-3-2-4-6-9/h2-6,8,10H,7H2,1H3/t8-,10-/m0/s1. The molecule has 0 N–H and O–H groups in total. The largest absolute Gasteiger partial charge is 0.461 e. The Balaban J connectivity index is 2.02. The molecule has 1 aliphatic heterocycles. The monoisotopic (exact) mass is 176 g/mol. The second kappa shape index (κ2) is 3.21. The van der Waals surface area contributed by atoms with E-state index in [0.717, 1.165) is 6.42 Å². The molecular formula is C11H12O2. The van der Waals surface area contributed by atoms with E-state index in [0.29, 0.717) is 0 Å². The van der Waals surface area contributed by atoms with Gasteiger partial charge in [-0.25, -0.2) is 0 Å². The Hall–Kier alpha value is -1.31. The van der Waals surface area contributed by atoms with Crippen molar-refractivity contribution < 1.29 is 9.53 Å². The van der Waals surface area contributed by atoms with Gasteiger partial charge < -0.3 is 4.74 Å². The van der Waals surface area contributed by atoms with Crippen molar-refractivity contribution in [3.63, 3.8) is 0 Å². The first-order chi connectivity index (χ1) is 6.27. The van der Waals surface area contributed by atoms with Crippen LogP contribution in [0.5, 0.6) is 0 Å². The molecule has 1 saturated heterocycles. The fourth-order valence-corrected chi connectivity index (χ4v) is 1.59. The molecule has 2 nitrogen and oxygen atoms in total. The quantitative estimate of drug-likeness (QED) is 0.642. The smallest absolute Gasteiger partial charge is 0.313 e. The normalized spacial score (nSPS) is 26.4. The van der Waals surface area contributed by atoms with Crippen LogP contribution in [0.15, 0.2) is 30.3 Å². The molecule has 2 atom stereocenters. The molecule has 0 aromatic heterocycles. The molecule has 0 amide bonds. The third-order valence-corrected chi connectivity index (χ3v) is 2.47. The van der Waals surface area contributed by atoms with E-state index in [1.54, 1.807) is 0 Å². The molecule has 1 heterocycles. The van der Waals surface area contributed by atoms with E-state index >= 15 is 0 Å². The third kappa shape index (κ3) is 1.57. The van der Waals surface area contributed by atoms with Crippen LogP contribution in [0.4, 0.5) is 0 Å². The van der Waals surface area contributed by atoms with Crippen LogP contribution in [0.25, 0.3) is 0 Å². The number of hydrogen-bond donors (Lipinski definition) is 0. The number of cyclic esters (lactones) is 1. The topological polar surface area (TPSA) is 26.3 Å². The first-order valence-corrected chi connectivity index (χ1v) is 4.52. The molecule has 1 aromatic rings. The number of benzene rings is 1. The molecule has 0 unspecified atom stereocenters. The molecule has 2 heteroatoms. The van der Waals surface area contributed by atoms with E-state index in [1.165, 1.54) is 5.56 Å². The Kier molecular flexibility index (Phi) is 2.05. The average Bonchev–Trinajstić information content (AvgIpc) is 2.16. The van der Waals surface area contributed by atoms with Gasteiger partial charge >= 0.3 is 5.97 Å². The maximum atomic E-state index is 11.0. The molecule has 0 saturated carbocycles. The van der Waals surface area contributed by atoms with Gasteiger partial charge in [0, 0.05) is 0 Å². The van der Waals surface area contributed by atoms with Gasteiger partial charge in [-0.3, -0.25) is 4.79 Å². The van der Waals surface area contributed by atoms with Gasteiger partial charge in [-0.1, -0.05) is 30.3 Å². The Morgan fingerprint density at radius 2 is 2.00 bits per heavy atom. The number of hydrogen-bond acceptors (Lipinski definition) is 2. The highest BCUT2D eigenvalue weighted by Gasteiger charge is 2.38. The molecule has 2 rings (SSSR count). The molecule has 0 radical (unpaired) electrons. The second-order valence-electron chi connectivity index (χ2n) is 3.44. The Labute approximate surface area is 77.5 Å². The van der Waals surface area contributed by atoms with Crippen molar-refractivity contribution in [3.8, 4) is 0 Å². The Morgan fingerprint density at radius 1 is 1.31 bits per heavy atom. The van der Waals surface area contributed by atoms with Crippen LogP contribution in [0, 0.1) is 5.92 Å². The summed E-state index contributed by atoms with van der Waals surface area (Å²) in [5, 5.41) is 0. The van der Waals surface area contributed by atoms with Crippen LogP contribution >= 0.6 is 0 Å². The van der Waals surface area contributed by atoms with Crippen LogP contribution in [-0.4, -0.2) is 12.1 Å². The highest BCUT2D eigenvalue weighted by Crippen LogP contribution is 2.25. The fourth-order valence-electron chi connectivity index (χ4n) is 1.59. The van der Waals surface area contributed by atoms with E-state index in [2.05, 4.69) is 0 Å². The van der Waals surface area contributed by atoms with Crippen molar-refractivity contribution in [2.24, 2.45) is 5.92 Å². The summed E-state index contributed by atoms with van der Waals surface area (Å²) in [6.45, 7) is 1.94. The lowest BCUT2D eigenvalue weighted by atomic mass is 9.91. The summed E-state index contributed by atoms with van der Waals surface area (Å²) in [5.74, 6) is 0.0127. The number of rotatable bonds is 2. The lowest BCUT2D eigenvalue weighted by molar-refractivity contribution is -0.181. The van der Waals surface area contributed by atoms with Gasteiger partial charge in [0.15, 0.2) is 0 Å². The summed E-state index contributed by atoms with van der Waals surface area (Å²) >= 11 is 0. The zero-order valence-electron chi connectivity index (χ0n) is 7.57. The number of carbonyl (C=O) groups excluding carboxylic acids is 1. The van der Waals surface area contributed by atoms with Crippen LogP contribution in [0.2, 0.25) is 0 Å². The van der Waals surface area contributed by atoms with Crippen LogP contribution < -0.4 is 0 Å². The summed E-state index contributed by atoms with van der Waals surface area (Å²) in [7, 11) is 0. The minimum atomic E-state index is -0.0589. The second-order valence-corrected chi connectivity index (χ2v) is 3.44. The summed E-state index contributed by atoms with van der Waals surface area (Å²) in [4.78, 5) is 11.0. The van der Waals surface area contributed by atoms with Gasteiger partial charge in [-0.2, -0.15) is 0 Å². The zero-order chi connectivity index (χ0) is 9.26. The van der Waals surface area contributed by atoms with Gasteiger partial charge in [-0.15, -0.1) is 0 Å². The summed E-state index contributed by atoms with van der Waals surface area (Å²) < 4.78 is 4.88. The Bertz CT molecular complexity index is 305. The Morgan fingerprint density at radius 3 is 2.54 bits per heavy atom. The lowest BCUT2D eigenvalue weighted by Gasteiger charge is -2.32. The molecule has 1 fully saturated rings. The van der Waals surface area contributed by atoms with Crippen LogP contribution in [-0.2, 0) is 16.0 Å². The summed E-state index contributed by atoms with van der Waals surface area (Å²) in [6.07, 6.45) is 0.897. The van der Waals surface area contributed by atoms with E-state index in [1.807, 2.05) is 37.3 Å². The highest BCUT2D eigenvalue weighted by atomic mass is 16.6. The minimum absolute atomic E-state index is 0.0589. The number of ether oxygens (including phenoxy) is 1. The molecule has 0 aliphatic carbocycles. The molecule has 68 valence electrons. The van der Waals surface area contributed by atoms with Gasteiger partial charge in [-0.05, 0) is 18.9 Å². The number of carbonyl (C=O) groups is 1. The van der Waals surface area contributed by atoms with Gasteiger partial charge in [0.25, 0.3) is 0 Å². The van der Waals surface area contributed by atoms with E-state index in [9.17, 15) is 4.79 Å². The van der Waals surface area contributed by atoms with Gasteiger partial charge in [0.2, 0.25) is 0 Å². The van der Waals surface area contributed by atoms with Gasteiger partial charge in [0.05, 0.1) is 5.92 Å². The van der Waals surface area contributed by atoms with Crippen molar-refractivity contribution in [1.29, 1.82) is 0 Å². The van der Waals surface area contributed by atoms with Crippen molar-refractivity contribution in [3.05, 3.63) is 35.9 Å². The average molecular weight is 176 g/mol. The first-order valence-electron chi connectivity index (χ1n) is 4.52. The molecule has 0 bridgehead atoms. The highest BCUT2D eigenvalue weighted by molar-refractivity contribution is 5.78. The van der Waals surface area contributed by atoms with Gasteiger partial charge in [0.1, 0.15) is 6.10 Å². The molecule has 0 spiro atoms. The van der Waals surface area contributed by atoms with Crippen molar-refractivity contribution in [1.82, 2.24) is 0 Å². The third-order valence-electron chi connectivity index (χ3n) is 2.47. The van der Waals surface area contributed by atoms with E-state index in [4.69, 9.17) is 4.74 Å². The summed E-state index contributed by atoms with van der Waals surface area (Å²) in [5.41, 5.74) is 1.20. The van der Waals surface area contributed by atoms with Crippen molar-refractivity contribution in [2.45, 2.75) is 19.4 Å². The van der Waals surface area contributed by atoms with Crippen molar-refractivity contribution in [2.75, 3.05) is 0 Å². The van der Waals surface area contributed by atoms with Crippen LogP contribution in [0.3, 0.4) is 0 Å². The maximum Gasteiger partial charge on any atom is 0.313 e. The minimum Gasteiger partial charge on any atom is -0.461 e. The SMILES string of the molecule is C[C@@H]1OC(=O)[C@H]1Cc1ccccc1. The molecule has 13 heavy (non-hydrogen) atoms. The molecule has 1 aliphatic rings. The zero-order valence-corrected chi connectivity index (χ0v) is 7.57. The van der Waals surface area contributed by atoms with E-state index < -0.39 is 0 Å². The molecule has 1 aromatic carbocycles. The van der Waals surface area contributed by atoms with Crippen molar-refractivity contribution >= 4 is 5.97 Å².